The Morgan fingerprint density at radius 3 is 2.38 bits per heavy atom. The molecule has 1 aromatic heterocycles. The summed E-state index contributed by atoms with van der Waals surface area (Å²) >= 11 is 6.08. The third-order valence-corrected chi connectivity index (χ3v) is 7.09. The number of ether oxygens (including phenoxy) is 1. The molecule has 4 aromatic rings. The summed E-state index contributed by atoms with van der Waals surface area (Å²) in [4.78, 5) is 32.0. The third kappa shape index (κ3) is 6.50. The Bertz CT molecular complexity index is 1500. The normalized spacial score (nSPS) is 12.7. The number of nitrogens with zero attached hydrogens (tertiary/aromatic N) is 2. The summed E-state index contributed by atoms with van der Waals surface area (Å²) in [6.45, 7) is 0.892. The van der Waals surface area contributed by atoms with Crippen LogP contribution in [0.2, 0.25) is 5.02 Å². The van der Waals surface area contributed by atoms with Crippen molar-refractivity contribution in [2.75, 3.05) is 18.1 Å². The van der Waals surface area contributed by atoms with Gasteiger partial charge in [0.25, 0.3) is 0 Å². The minimum Gasteiger partial charge on any atom is -0.478 e. The van der Waals surface area contributed by atoms with Crippen molar-refractivity contribution in [1.82, 2.24) is 4.98 Å². The first-order valence-electron chi connectivity index (χ1n) is 13.2. The Labute approximate surface area is 237 Å². The van der Waals surface area contributed by atoms with E-state index in [1.54, 1.807) is 30.5 Å². The van der Waals surface area contributed by atoms with E-state index < -0.39 is 5.97 Å². The van der Waals surface area contributed by atoms with Gasteiger partial charge in [0.05, 0.1) is 11.9 Å². The molecule has 3 aromatic carbocycles. The molecule has 1 aliphatic rings. The molecular formula is C32H29ClN2O5. The molecule has 0 unspecified atom stereocenters. The van der Waals surface area contributed by atoms with Crippen molar-refractivity contribution in [2.45, 2.75) is 25.7 Å². The van der Waals surface area contributed by atoms with Crippen LogP contribution in [-0.4, -0.2) is 40.1 Å². The number of rotatable bonds is 12. The lowest BCUT2D eigenvalue weighted by Crippen LogP contribution is -2.20. The highest BCUT2D eigenvalue weighted by Gasteiger charge is 2.26. The zero-order chi connectivity index (χ0) is 28.1. The monoisotopic (exact) mass is 556 g/mol. The molecule has 1 saturated carbocycles. The predicted molar refractivity (Wildman–Crippen MR) is 154 cm³/mol. The van der Waals surface area contributed by atoms with E-state index in [1.807, 2.05) is 42.5 Å². The molecule has 1 heterocycles. The van der Waals surface area contributed by atoms with Gasteiger partial charge in [0.2, 0.25) is 5.78 Å². The van der Waals surface area contributed by atoms with Crippen LogP contribution in [0.3, 0.4) is 0 Å². The molecule has 0 saturated heterocycles. The van der Waals surface area contributed by atoms with E-state index in [2.05, 4.69) is 9.88 Å². The van der Waals surface area contributed by atoms with Crippen LogP contribution >= 0.6 is 11.6 Å². The molecule has 2 N–H and O–H groups in total. The number of carbonyl (C=O) groups excluding carboxylic acids is 1. The molecule has 0 radical (unpaired) electrons. The van der Waals surface area contributed by atoms with Crippen LogP contribution in [0.5, 0.6) is 11.5 Å². The molecule has 7 nitrogen and oxygen atoms in total. The van der Waals surface area contributed by atoms with Gasteiger partial charge in [0.1, 0.15) is 22.8 Å². The van der Waals surface area contributed by atoms with Crippen LogP contribution in [0.4, 0.5) is 11.4 Å². The number of carboxylic acid groups (broad SMARTS) is 1. The summed E-state index contributed by atoms with van der Waals surface area (Å²) in [5, 5.41) is 19.7. The number of aliphatic hydroxyl groups excluding tert-OH is 1. The number of para-hydroxylation sites is 1. The zero-order valence-corrected chi connectivity index (χ0v) is 22.6. The molecule has 204 valence electrons. The number of aliphatic hydroxyl groups is 1. The highest BCUT2D eigenvalue weighted by atomic mass is 35.5. The number of anilines is 2. The van der Waals surface area contributed by atoms with Gasteiger partial charge in [0, 0.05) is 29.4 Å². The number of pyridine rings is 1. The highest BCUT2D eigenvalue weighted by Crippen LogP contribution is 2.36. The number of hydrogen-bond donors (Lipinski definition) is 2. The lowest BCUT2D eigenvalue weighted by Gasteiger charge is -2.25. The molecular weight excluding hydrogens is 528 g/mol. The van der Waals surface area contributed by atoms with Gasteiger partial charge in [-0.1, -0.05) is 29.8 Å². The number of halogens is 1. The third-order valence-electron chi connectivity index (χ3n) is 6.84. The Morgan fingerprint density at radius 2 is 1.70 bits per heavy atom. The van der Waals surface area contributed by atoms with E-state index in [4.69, 9.17) is 16.3 Å². The quantitative estimate of drug-likeness (QED) is 0.182. The van der Waals surface area contributed by atoms with Crippen LogP contribution in [0.15, 0.2) is 85.1 Å². The van der Waals surface area contributed by atoms with Gasteiger partial charge in [0.15, 0.2) is 0 Å². The molecule has 0 amide bonds. The minimum atomic E-state index is -1.21. The molecule has 40 heavy (non-hydrogen) atoms. The molecule has 0 bridgehead atoms. The van der Waals surface area contributed by atoms with E-state index in [0.29, 0.717) is 29.5 Å². The van der Waals surface area contributed by atoms with E-state index in [9.17, 15) is 19.8 Å². The molecule has 5 rings (SSSR count). The van der Waals surface area contributed by atoms with Crippen molar-refractivity contribution < 1.29 is 24.5 Å². The second kappa shape index (κ2) is 12.3. The van der Waals surface area contributed by atoms with E-state index in [0.717, 1.165) is 23.5 Å². The van der Waals surface area contributed by atoms with Crippen LogP contribution in [0, 0.1) is 5.92 Å². The summed E-state index contributed by atoms with van der Waals surface area (Å²) in [5.41, 5.74) is 3.00. The van der Waals surface area contributed by atoms with Gasteiger partial charge in [-0.15, -0.1) is 0 Å². The number of aromatic carboxylic acids is 1. The van der Waals surface area contributed by atoms with Gasteiger partial charge in [-0.2, -0.15) is 0 Å². The molecule has 8 heteroatoms. The summed E-state index contributed by atoms with van der Waals surface area (Å²) in [7, 11) is 0. The average Bonchev–Trinajstić information content (AvgIpc) is 3.80. The summed E-state index contributed by atoms with van der Waals surface area (Å²) < 4.78 is 5.96. The van der Waals surface area contributed by atoms with Crippen molar-refractivity contribution in [1.29, 1.82) is 0 Å². The highest BCUT2D eigenvalue weighted by molar-refractivity contribution is 6.30. The van der Waals surface area contributed by atoms with Crippen LogP contribution in [0.25, 0.3) is 0 Å². The van der Waals surface area contributed by atoms with E-state index >= 15 is 0 Å². The lowest BCUT2D eigenvalue weighted by atomic mass is 10.0. The minimum absolute atomic E-state index is 0.0419. The maximum atomic E-state index is 13.3. The van der Waals surface area contributed by atoms with Crippen molar-refractivity contribution in [2.24, 2.45) is 5.92 Å². The second-order valence-corrected chi connectivity index (χ2v) is 10.3. The maximum Gasteiger partial charge on any atom is 0.339 e. The number of aromatic nitrogens is 1. The van der Waals surface area contributed by atoms with Crippen LogP contribution in [0.1, 0.15) is 51.2 Å². The summed E-state index contributed by atoms with van der Waals surface area (Å²) in [6, 6.07) is 22.8. The second-order valence-electron chi connectivity index (χ2n) is 9.81. The Kier molecular flexibility index (Phi) is 8.43. The molecule has 0 spiro atoms. The Balaban J connectivity index is 1.37. The maximum absolute atomic E-state index is 13.3. The standard InChI is InChI=1S/C32H29ClN2O5/c33-24-10-12-25(13-11-24)35(20-21-7-8-21)26-14-15-28(34-19-26)31(37)23-9-16-30(27(18-23)32(38)39)40-29-6-2-1-4-22(29)5-3-17-36/h1-2,4,6,9-16,18-19,21,36H,3,5,7-8,17,20H2,(H,38,39). The van der Waals surface area contributed by atoms with Crippen molar-refractivity contribution in [3.63, 3.8) is 0 Å². The van der Waals surface area contributed by atoms with Gasteiger partial charge < -0.3 is 19.8 Å². The van der Waals surface area contributed by atoms with Gasteiger partial charge in [-0.25, -0.2) is 4.79 Å². The van der Waals surface area contributed by atoms with E-state index in [-0.39, 0.29) is 35.0 Å². The largest absolute Gasteiger partial charge is 0.478 e. The fourth-order valence-corrected chi connectivity index (χ4v) is 4.62. The SMILES string of the molecule is O=C(c1ccc(Oc2ccccc2CCCO)c(C(=O)O)c1)c1ccc(N(CC2CC2)c2ccc(Cl)cc2)cn1. The lowest BCUT2D eigenvalue weighted by molar-refractivity contribution is 0.0694. The number of aryl methyl sites for hydroxylation is 1. The Hall–Kier alpha value is -4.20. The van der Waals surface area contributed by atoms with Crippen LogP contribution in [-0.2, 0) is 6.42 Å². The van der Waals surface area contributed by atoms with Crippen LogP contribution < -0.4 is 9.64 Å². The Morgan fingerprint density at radius 1 is 0.950 bits per heavy atom. The number of carboxylic acids is 1. The van der Waals surface area contributed by atoms with Crippen molar-refractivity contribution in [3.8, 4) is 11.5 Å². The smallest absolute Gasteiger partial charge is 0.339 e. The van der Waals surface area contributed by atoms with Crippen molar-refractivity contribution in [3.05, 3.63) is 112 Å². The first-order chi connectivity index (χ1) is 19.4. The number of ketones is 1. The number of hydrogen-bond acceptors (Lipinski definition) is 6. The van der Waals surface area contributed by atoms with Gasteiger partial charge in [-0.05, 0) is 97.8 Å². The average molecular weight is 557 g/mol. The number of benzene rings is 3. The topological polar surface area (TPSA) is 100.0 Å². The molecule has 1 aliphatic carbocycles. The fourth-order valence-electron chi connectivity index (χ4n) is 4.49. The first-order valence-corrected chi connectivity index (χ1v) is 13.6. The molecule has 0 atom stereocenters. The van der Waals surface area contributed by atoms with Gasteiger partial charge >= 0.3 is 5.97 Å². The fraction of sp³-hybridized carbons (Fsp3) is 0.219. The van der Waals surface area contributed by atoms with Gasteiger partial charge in [-0.3, -0.25) is 9.78 Å². The first kappa shape index (κ1) is 27.4. The molecule has 0 aliphatic heterocycles. The number of carbonyl (C=O) groups is 2. The van der Waals surface area contributed by atoms with E-state index in [1.165, 1.54) is 25.0 Å². The van der Waals surface area contributed by atoms with Crippen molar-refractivity contribution >= 4 is 34.7 Å². The zero-order valence-electron chi connectivity index (χ0n) is 21.8. The summed E-state index contributed by atoms with van der Waals surface area (Å²) in [6.07, 6.45) is 5.19. The molecule has 1 fully saturated rings. The predicted octanol–water partition coefficient (Wildman–Crippen LogP) is 6.93. The summed E-state index contributed by atoms with van der Waals surface area (Å²) in [5.74, 6) is -0.342.